The van der Waals surface area contributed by atoms with E-state index in [1.807, 2.05) is 0 Å². The number of alkyl halides is 2. The van der Waals surface area contributed by atoms with Crippen LogP contribution in [0.5, 0.6) is 0 Å². The number of rotatable bonds is 4. The smallest absolute Gasteiger partial charge is 0.298 e. The van der Waals surface area contributed by atoms with Gasteiger partial charge in [0.15, 0.2) is 5.82 Å². The van der Waals surface area contributed by atoms with Crippen molar-refractivity contribution >= 4 is 32.6 Å². The molecule has 0 aliphatic carbocycles. The fourth-order valence-electron chi connectivity index (χ4n) is 3.30. The summed E-state index contributed by atoms with van der Waals surface area (Å²) in [6.07, 6.45) is 9.87. The number of pyridine rings is 1. The minimum absolute atomic E-state index is 0.156. The van der Waals surface area contributed by atoms with Gasteiger partial charge in [-0.2, -0.15) is 18.0 Å². The standard InChI is InChI=1S/C20H15F2N7O2S/c1-32(30,31)28-12-15(11-24-28)14-4-7-18-26-27-19(29(18)25-10-14)20(21,22)16-5-6-17-13(9-16)3-2-8-23-17/h2-12,25H,1H3. The van der Waals surface area contributed by atoms with E-state index in [2.05, 4.69) is 25.7 Å². The SMILES string of the molecule is CS(=O)(=O)n1cc(C2=CNn3c(nnc3C(F)(F)c3ccc4ncccc4c3)C=C2)cn1. The molecule has 1 aliphatic rings. The van der Waals surface area contributed by atoms with Crippen LogP contribution in [0, 0.1) is 0 Å². The number of allylic oxidation sites excluding steroid dienone is 2. The van der Waals surface area contributed by atoms with Gasteiger partial charge in [-0.15, -0.1) is 10.2 Å². The highest BCUT2D eigenvalue weighted by molar-refractivity contribution is 7.89. The molecule has 5 rings (SSSR count). The summed E-state index contributed by atoms with van der Waals surface area (Å²) in [5, 5.41) is 12.0. The summed E-state index contributed by atoms with van der Waals surface area (Å²) in [5.41, 5.74) is 4.13. The van der Waals surface area contributed by atoms with E-state index in [9.17, 15) is 8.42 Å². The highest BCUT2D eigenvalue weighted by atomic mass is 32.2. The first kappa shape index (κ1) is 20.0. The second kappa shape index (κ2) is 7.05. The number of benzene rings is 1. The second-order valence-corrected chi connectivity index (χ2v) is 8.97. The molecule has 0 bridgehead atoms. The molecule has 4 heterocycles. The van der Waals surface area contributed by atoms with E-state index in [1.54, 1.807) is 24.4 Å². The Morgan fingerprint density at radius 3 is 2.75 bits per heavy atom. The number of hydrogen-bond acceptors (Lipinski definition) is 7. The van der Waals surface area contributed by atoms with Gasteiger partial charge in [0.25, 0.3) is 10.0 Å². The Morgan fingerprint density at radius 1 is 1.12 bits per heavy atom. The van der Waals surface area contributed by atoms with E-state index in [0.717, 1.165) is 15.0 Å². The Balaban J connectivity index is 1.51. The maximum atomic E-state index is 15.4. The summed E-state index contributed by atoms with van der Waals surface area (Å²) < 4.78 is 56.0. The molecule has 4 aromatic rings. The Labute approximate surface area is 180 Å². The van der Waals surface area contributed by atoms with Crippen LogP contribution < -0.4 is 5.43 Å². The lowest BCUT2D eigenvalue weighted by molar-refractivity contribution is 0.0301. The van der Waals surface area contributed by atoms with Crippen LogP contribution in [0.25, 0.3) is 22.6 Å². The van der Waals surface area contributed by atoms with Gasteiger partial charge in [0.1, 0.15) is 0 Å². The van der Waals surface area contributed by atoms with Gasteiger partial charge >= 0.3 is 5.92 Å². The molecule has 0 fully saturated rings. The third-order valence-electron chi connectivity index (χ3n) is 4.93. The van der Waals surface area contributed by atoms with Gasteiger partial charge < -0.3 is 0 Å². The molecule has 0 spiro atoms. The summed E-state index contributed by atoms with van der Waals surface area (Å²) in [4.78, 5) is 4.15. The van der Waals surface area contributed by atoms with Crippen molar-refractivity contribution in [3.63, 3.8) is 0 Å². The Bertz CT molecular complexity index is 1520. The molecule has 0 unspecified atom stereocenters. The predicted octanol–water partition coefficient (Wildman–Crippen LogP) is 2.58. The fraction of sp³-hybridized carbons (Fsp3) is 0.100. The van der Waals surface area contributed by atoms with Gasteiger partial charge in [0, 0.05) is 34.5 Å². The zero-order chi connectivity index (χ0) is 22.5. The summed E-state index contributed by atoms with van der Waals surface area (Å²) in [5.74, 6) is -3.89. The van der Waals surface area contributed by atoms with Crippen LogP contribution >= 0.6 is 0 Å². The Hall–Kier alpha value is -3.93. The predicted molar refractivity (Wildman–Crippen MR) is 114 cm³/mol. The van der Waals surface area contributed by atoms with Gasteiger partial charge in [-0.3, -0.25) is 10.4 Å². The Morgan fingerprint density at radius 2 is 1.97 bits per heavy atom. The molecule has 0 radical (unpaired) electrons. The van der Waals surface area contributed by atoms with Crippen LogP contribution in [-0.4, -0.2) is 43.7 Å². The molecule has 0 amide bonds. The average molecular weight is 455 g/mol. The molecule has 12 heteroatoms. The molecule has 1 aromatic carbocycles. The van der Waals surface area contributed by atoms with Gasteiger partial charge in [-0.25, -0.2) is 13.1 Å². The molecular weight excluding hydrogens is 440 g/mol. The number of fused-ring (bicyclic) bond motifs is 2. The summed E-state index contributed by atoms with van der Waals surface area (Å²) in [6, 6.07) is 7.60. The third-order valence-corrected chi connectivity index (χ3v) is 5.81. The van der Waals surface area contributed by atoms with Crippen LogP contribution in [0.1, 0.15) is 22.8 Å². The van der Waals surface area contributed by atoms with E-state index >= 15 is 8.78 Å². The van der Waals surface area contributed by atoms with Gasteiger partial charge in [-0.1, -0.05) is 12.1 Å². The first-order valence-corrected chi connectivity index (χ1v) is 11.2. The lowest BCUT2D eigenvalue weighted by Crippen LogP contribution is -2.25. The number of halogens is 2. The molecule has 1 N–H and O–H groups in total. The zero-order valence-electron chi connectivity index (χ0n) is 16.5. The van der Waals surface area contributed by atoms with Gasteiger partial charge in [0.05, 0.1) is 24.2 Å². The molecule has 0 saturated carbocycles. The molecule has 9 nitrogen and oxygen atoms in total. The maximum Gasteiger partial charge on any atom is 0.333 e. The molecule has 32 heavy (non-hydrogen) atoms. The average Bonchev–Trinajstić information content (AvgIpc) is 3.37. The highest BCUT2D eigenvalue weighted by Crippen LogP contribution is 2.36. The van der Waals surface area contributed by atoms with Gasteiger partial charge in [-0.05, 0) is 30.4 Å². The van der Waals surface area contributed by atoms with Crippen LogP contribution in [0.3, 0.4) is 0 Å². The number of hydrogen-bond donors (Lipinski definition) is 1. The summed E-state index contributed by atoms with van der Waals surface area (Å²) in [7, 11) is -3.54. The van der Waals surface area contributed by atoms with Crippen molar-refractivity contribution in [2.45, 2.75) is 5.92 Å². The normalized spacial score (nSPS) is 14.0. The highest BCUT2D eigenvalue weighted by Gasteiger charge is 2.41. The molecular formula is C20H15F2N7O2S. The van der Waals surface area contributed by atoms with E-state index in [0.29, 0.717) is 22.0 Å². The lowest BCUT2D eigenvalue weighted by atomic mass is 10.0. The topological polar surface area (TPSA) is 108 Å². The van der Waals surface area contributed by atoms with E-state index in [4.69, 9.17) is 0 Å². The first-order chi connectivity index (χ1) is 15.2. The summed E-state index contributed by atoms with van der Waals surface area (Å²) >= 11 is 0. The van der Waals surface area contributed by atoms with E-state index < -0.39 is 21.8 Å². The molecule has 0 saturated heterocycles. The van der Waals surface area contributed by atoms with E-state index in [-0.39, 0.29) is 11.4 Å². The molecule has 0 atom stereocenters. The van der Waals surface area contributed by atoms with Crippen molar-refractivity contribution < 1.29 is 17.2 Å². The minimum atomic E-state index is -3.54. The monoisotopic (exact) mass is 455 g/mol. The zero-order valence-corrected chi connectivity index (χ0v) is 17.3. The van der Waals surface area contributed by atoms with E-state index in [1.165, 1.54) is 42.9 Å². The van der Waals surface area contributed by atoms with Crippen LogP contribution in [0.15, 0.2) is 61.2 Å². The quantitative estimate of drug-likeness (QED) is 0.504. The maximum absolute atomic E-state index is 15.4. The molecule has 162 valence electrons. The number of nitrogens with one attached hydrogen (secondary N) is 1. The lowest BCUT2D eigenvalue weighted by Gasteiger charge is -2.18. The largest absolute Gasteiger partial charge is 0.333 e. The minimum Gasteiger partial charge on any atom is -0.298 e. The van der Waals surface area contributed by atoms with Crippen LogP contribution in [0.2, 0.25) is 0 Å². The van der Waals surface area contributed by atoms with Crippen molar-refractivity contribution in [2.75, 3.05) is 11.7 Å². The number of aromatic nitrogens is 6. The van der Waals surface area contributed by atoms with Crippen LogP contribution in [-0.2, 0) is 15.9 Å². The molecule has 3 aromatic heterocycles. The van der Waals surface area contributed by atoms with Crippen molar-refractivity contribution in [3.8, 4) is 0 Å². The third kappa shape index (κ3) is 3.34. The molecule has 1 aliphatic heterocycles. The van der Waals surface area contributed by atoms with Crippen LogP contribution in [0.4, 0.5) is 8.78 Å². The van der Waals surface area contributed by atoms with Crippen molar-refractivity contribution in [3.05, 3.63) is 84.0 Å². The fourth-order valence-corrected chi connectivity index (χ4v) is 3.82. The van der Waals surface area contributed by atoms with Crippen molar-refractivity contribution in [1.29, 1.82) is 0 Å². The first-order valence-electron chi connectivity index (χ1n) is 9.33. The Kier molecular flexibility index (Phi) is 4.41. The van der Waals surface area contributed by atoms with Gasteiger partial charge in [0.2, 0.25) is 5.82 Å². The second-order valence-electron chi connectivity index (χ2n) is 7.13. The number of nitrogens with zero attached hydrogens (tertiary/aromatic N) is 6. The summed E-state index contributed by atoms with van der Waals surface area (Å²) in [6.45, 7) is 0. The van der Waals surface area contributed by atoms with Crippen molar-refractivity contribution in [2.24, 2.45) is 0 Å². The van der Waals surface area contributed by atoms with Crippen molar-refractivity contribution in [1.82, 2.24) is 29.0 Å².